The molecule has 1 aromatic carbocycles. The van der Waals surface area contributed by atoms with Gasteiger partial charge >= 0.3 is 0 Å². The predicted molar refractivity (Wildman–Crippen MR) is 61.8 cm³/mol. The van der Waals surface area contributed by atoms with Gasteiger partial charge in [-0.2, -0.15) is 4.72 Å². The minimum atomic E-state index is -3.37. The summed E-state index contributed by atoms with van der Waals surface area (Å²) >= 11 is 0. The van der Waals surface area contributed by atoms with Gasteiger partial charge in [0.15, 0.2) is 0 Å². The van der Waals surface area contributed by atoms with E-state index in [4.69, 9.17) is 0 Å². The first kappa shape index (κ1) is 13.3. The molecule has 1 fully saturated rings. The SMILES string of the molecule is CS(=O)(=O)NC1CC(c2c(F)cccc2F)NN1. The van der Waals surface area contributed by atoms with E-state index in [-0.39, 0.29) is 12.0 Å². The molecule has 0 saturated carbocycles. The summed E-state index contributed by atoms with van der Waals surface area (Å²) in [4.78, 5) is 0. The van der Waals surface area contributed by atoms with Gasteiger partial charge in [0.05, 0.1) is 18.5 Å². The van der Waals surface area contributed by atoms with Crippen molar-refractivity contribution in [3.8, 4) is 0 Å². The minimum absolute atomic E-state index is 0.0946. The summed E-state index contributed by atoms with van der Waals surface area (Å²) in [6.07, 6.45) is 0.639. The molecule has 1 aliphatic rings. The molecule has 1 aromatic rings. The summed E-state index contributed by atoms with van der Waals surface area (Å²) in [6, 6.07) is 2.99. The summed E-state index contributed by atoms with van der Waals surface area (Å²) in [5.41, 5.74) is 5.22. The summed E-state index contributed by atoms with van der Waals surface area (Å²) in [5.74, 6) is -1.32. The fourth-order valence-corrected chi connectivity index (χ4v) is 2.60. The molecule has 18 heavy (non-hydrogen) atoms. The lowest BCUT2D eigenvalue weighted by Gasteiger charge is -2.11. The van der Waals surface area contributed by atoms with Crippen LogP contribution in [0.3, 0.4) is 0 Å². The molecule has 3 N–H and O–H groups in total. The van der Waals surface area contributed by atoms with Crippen LogP contribution < -0.4 is 15.6 Å². The fraction of sp³-hybridized carbons (Fsp3) is 0.400. The van der Waals surface area contributed by atoms with E-state index in [2.05, 4.69) is 15.6 Å². The molecule has 100 valence electrons. The third-order valence-electron chi connectivity index (χ3n) is 2.61. The standard InChI is InChI=1S/C10H13F2N3O2S/c1-18(16,17)15-9-5-8(13-14-9)10-6(11)3-2-4-7(10)12/h2-4,8-9,13-15H,5H2,1H3. The summed E-state index contributed by atoms with van der Waals surface area (Å²) in [5, 5.41) is 0. The lowest BCUT2D eigenvalue weighted by atomic mass is 10.0. The third-order valence-corrected chi connectivity index (χ3v) is 3.32. The molecule has 0 aromatic heterocycles. The molecule has 0 amide bonds. The maximum atomic E-state index is 13.5. The van der Waals surface area contributed by atoms with Crippen LogP contribution in [0.2, 0.25) is 0 Å². The number of hydrogen-bond acceptors (Lipinski definition) is 4. The Morgan fingerprint density at radius 1 is 1.28 bits per heavy atom. The van der Waals surface area contributed by atoms with Crippen LogP contribution in [0.15, 0.2) is 18.2 Å². The molecule has 0 spiro atoms. The molecule has 5 nitrogen and oxygen atoms in total. The monoisotopic (exact) mass is 277 g/mol. The average molecular weight is 277 g/mol. The van der Waals surface area contributed by atoms with Crippen molar-refractivity contribution in [2.75, 3.05) is 6.26 Å². The third kappa shape index (κ3) is 3.02. The molecule has 1 saturated heterocycles. The molecular formula is C10H13F2N3O2S. The Morgan fingerprint density at radius 3 is 2.44 bits per heavy atom. The van der Waals surface area contributed by atoms with Crippen molar-refractivity contribution in [1.29, 1.82) is 0 Å². The van der Waals surface area contributed by atoms with Crippen molar-refractivity contribution in [2.24, 2.45) is 0 Å². The van der Waals surface area contributed by atoms with Gasteiger partial charge in [-0.15, -0.1) is 0 Å². The summed E-state index contributed by atoms with van der Waals surface area (Å²) in [7, 11) is -3.37. The first-order valence-electron chi connectivity index (χ1n) is 5.29. The second-order valence-electron chi connectivity index (χ2n) is 4.15. The second kappa shape index (κ2) is 4.88. The Kier molecular flexibility index (Phi) is 3.62. The van der Waals surface area contributed by atoms with Gasteiger partial charge in [-0.1, -0.05) is 6.07 Å². The largest absolute Gasteiger partial charge is 0.249 e. The molecule has 1 aliphatic heterocycles. The van der Waals surface area contributed by atoms with Gasteiger partial charge in [-0.25, -0.2) is 28.1 Å². The van der Waals surface area contributed by atoms with Crippen LogP contribution in [0.1, 0.15) is 18.0 Å². The Balaban J connectivity index is 2.14. The lowest BCUT2D eigenvalue weighted by Crippen LogP contribution is -2.43. The highest BCUT2D eigenvalue weighted by atomic mass is 32.2. The number of benzene rings is 1. The van der Waals surface area contributed by atoms with Crippen LogP contribution in [0.4, 0.5) is 8.78 Å². The predicted octanol–water partition coefficient (Wildman–Crippen LogP) is 0.379. The van der Waals surface area contributed by atoms with E-state index in [9.17, 15) is 17.2 Å². The zero-order chi connectivity index (χ0) is 13.3. The molecule has 8 heteroatoms. The Morgan fingerprint density at radius 2 is 1.89 bits per heavy atom. The van der Waals surface area contributed by atoms with E-state index in [1.54, 1.807) is 0 Å². The van der Waals surface area contributed by atoms with Gasteiger partial charge < -0.3 is 0 Å². The van der Waals surface area contributed by atoms with Crippen molar-refractivity contribution in [2.45, 2.75) is 18.6 Å². The number of nitrogens with one attached hydrogen (secondary N) is 3. The molecule has 0 aliphatic carbocycles. The van der Waals surface area contributed by atoms with E-state index in [0.29, 0.717) is 0 Å². The van der Waals surface area contributed by atoms with Crippen LogP contribution in [0.25, 0.3) is 0 Å². The number of halogens is 2. The van der Waals surface area contributed by atoms with Crippen molar-refractivity contribution >= 4 is 10.0 Å². The highest BCUT2D eigenvalue weighted by Gasteiger charge is 2.30. The maximum Gasteiger partial charge on any atom is 0.210 e. The lowest BCUT2D eigenvalue weighted by molar-refractivity contribution is 0.488. The van der Waals surface area contributed by atoms with Crippen LogP contribution in [-0.4, -0.2) is 20.8 Å². The molecular weight excluding hydrogens is 264 g/mol. The van der Waals surface area contributed by atoms with E-state index >= 15 is 0 Å². The fourth-order valence-electron chi connectivity index (χ4n) is 1.92. The second-order valence-corrected chi connectivity index (χ2v) is 5.93. The van der Waals surface area contributed by atoms with Crippen molar-refractivity contribution in [3.05, 3.63) is 35.4 Å². The topological polar surface area (TPSA) is 70.2 Å². The Hall–Kier alpha value is -1.09. The average Bonchev–Trinajstić information content (AvgIpc) is 2.63. The van der Waals surface area contributed by atoms with Gasteiger partial charge in [0, 0.05) is 5.56 Å². The molecule has 0 bridgehead atoms. The molecule has 2 rings (SSSR count). The zero-order valence-corrected chi connectivity index (χ0v) is 10.4. The van der Waals surface area contributed by atoms with Gasteiger partial charge in [0.2, 0.25) is 10.0 Å². The van der Waals surface area contributed by atoms with Crippen molar-refractivity contribution in [3.63, 3.8) is 0 Å². The Bertz CT molecular complexity index is 530. The van der Waals surface area contributed by atoms with E-state index in [0.717, 1.165) is 18.4 Å². The van der Waals surface area contributed by atoms with Crippen molar-refractivity contribution in [1.82, 2.24) is 15.6 Å². The molecule has 2 unspecified atom stereocenters. The highest BCUT2D eigenvalue weighted by molar-refractivity contribution is 7.88. The normalized spacial score (nSPS) is 24.4. The number of sulfonamides is 1. The van der Waals surface area contributed by atoms with E-state index < -0.39 is 33.9 Å². The first-order valence-corrected chi connectivity index (χ1v) is 7.18. The highest BCUT2D eigenvalue weighted by Crippen LogP contribution is 2.26. The van der Waals surface area contributed by atoms with Crippen LogP contribution in [-0.2, 0) is 10.0 Å². The number of rotatable bonds is 3. The van der Waals surface area contributed by atoms with Gasteiger partial charge in [-0.05, 0) is 18.6 Å². The Labute approximate surface area is 104 Å². The maximum absolute atomic E-state index is 13.5. The van der Waals surface area contributed by atoms with Crippen LogP contribution in [0.5, 0.6) is 0 Å². The number of hydrazine groups is 1. The quantitative estimate of drug-likeness (QED) is 0.747. The minimum Gasteiger partial charge on any atom is -0.249 e. The summed E-state index contributed by atoms with van der Waals surface area (Å²) in [6.45, 7) is 0. The molecule has 2 atom stereocenters. The smallest absolute Gasteiger partial charge is 0.210 e. The van der Waals surface area contributed by atoms with Crippen molar-refractivity contribution < 1.29 is 17.2 Å². The first-order chi connectivity index (χ1) is 8.37. The van der Waals surface area contributed by atoms with Crippen LogP contribution in [0, 0.1) is 11.6 Å². The molecule has 1 heterocycles. The van der Waals surface area contributed by atoms with E-state index in [1.165, 1.54) is 6.07 Å². The number of hydrogen-bond donors (Lipinski definition) is 3. The van der Waals surface area contributed by atoms with Gasteiger partial charge in [0.1, 0.15) is 11.6 Å². The zero-order valence-electron chi connectivity index (χ0n) is 9.57. The molecule has 0 radical (unpaired) electrons. The summed E-state index contributed by atoms with van der Waals surface area (Å²) < 4.78 is 51.4. The van der Waals surface area contributed by atoms with E-state index in [1.807, 2.05) is 0 Å². The van der Waals surface area contributed by atoms with Crippen LogP contribution >= 0.6 is 0 Å². The van der Waals surface area contributed by atoms with Gasteiger partial charge in [0.25, 0.3) is 0 Å². The van der Waals surface area contributed by atoms with Gasteiger partial charge in [-0.3, -0.25) is 0 Å².